The first-order valence-electron chi connectivity index (χ1n) is 5.66. The zero-order chi connectivity index (χ0) is 12.1. The van der Waals surface area contributed by atoms with E-state index in [1.54, 1.807) is 6.20 Å². The molecule has 1 aromatic rings. The molecule has 1 aromatic heterocycles. The van der Waals surface area contributed by atoms with Crippen molar-refractivity contribution >= 4 is 5.82 Å². The third-order valence-corrected chi connectivity index (χ3v) is 2.54. The van der Waals surface area contributed by atoms with E-state index < -0.39 is 0 Å². The number of hydrogen-bond donors (Lipinski definition) is 2. The molecule has 90 valence electrons. The summed E-state index contributed by atoms with van der Waals surface area (Å²) in [5, 5.41) is 9.08. The van der Waals surface area contributed by atoms with Gasteiger partial charge >= 0.3 is 0 Å². The van der Waals surface area contributed by atoms with E-state index in [-0.39, 0.29) is 12.6 Å². The summed E-state index contributed by atoms with van der Waals surface area (Å²) in [6.07, 6.45) is 1.76. The molecule has 3 N–H and O–H groups in total. The smallest absolute Gasteiger partial charge is 0.133 e. The molecule has 0 spiro atoms. The van der Waals surface area contributed by atoms with Crippen molar-refractivity contribution in [1.29, 1.82) is 0 Å². The number of aliphatic hydroxyl groups is 1. The van der Waals surface area contributed by atoms with Crippen molar-refractivity contribution in [2.45, 2.75) is 32.9 Å². The third-order valence-electron chi connectivity index (χ3n) is 2.54. The van der Waals surface area contributed by atoms with Gasteiger partial charge in [0.1, 0.15) is 5.82 Å². The molecule has 0 aliphatic carbocycles. The van der Waals surface area contributed by atoms with Crippen LogP contribution in [-0.2, 0) is 0 Å². The van der Waals surface area contributed by atoms with E-state index in [1.807, 2.05) is 19.1 Å². The fraction of sp³-hybridized carbons (Fsp3) is 0.583. The van der Waals surface area contributed by atoms with Crippen LogP contribution in [-0.4, -0.2) is 29.3 Å². The van der Waals surface area contributed by atoms with Gasteiger partial charge in [-0.05, 0) is 26.8 Å². The molecule has 0 aliphatic heterocycles. The van der Waals surface area contributed by atoms with Crippen LogP contribution < -0.4 is 10.6 Å². The average molecular weight is 223 g/mol. The summed E-state index contributed by atoms with van der Waals surface area (Å²) in [5.74, 6) is 0.876. The minimum atomic E-state index is -0.0522. The van der Waals surface area contributed by atoms with E-state index in [9.17, 15) is 0 Å². The van der Waals surface area contributed by atoms with Crippen LogP contribution in [0, 0.1) is 0 Å². The Hall–Kier alpha value is -1.13. The molecule has 0 fully saturated rings. The van der Waals surface area contributed by atoms with Gasteiger partial charge < -0.3 is 15.7 Å². The van der Waals surface area contributed by atoms with Crippen molar-refractivity contribution in [2.75, 3.05) is 18.1 Å². The molecule has 0 radical (unpaired) electrons. The predicted octanol–water partition coefficient (Wildman–Crippen LogP) is 1.31. The molecule has 0 saturated carbocycles. The van der Waals surface area contributed by atoms with Crippen LogP contribution >= 0.6 is 0 Å². The number of nitrogens with zero attached hydrogens (tertiary/aromatic N) is 2. The highest BCUT2D eigenvalue weighted by Crippen LogP contribution is 2.23. The van der Waals surface area contributed by atoms with Crippen molar-refractivity contribution in [2.24, 2.45) is 5.73 Å². The van der Waals surface area contributed by atoms with Crippen LogP contribution in [0.3, 0.4) is 0 Å². The second kappa shape index (κ2) is 5.82. The first-order valence-corrected chi connectivity index (χ1v) is 5.66. The Morgan fingerprint density at radius 2 is 2.12 bits per heavy atom. The highest BCUT2D eigenvalue weighted by atomic mass is 16.3. The van der Waals surface area contributed by atoms with E-state index in [0.717, 1.165) is 11.4 Å². The van der Waals surface area contributed by atoms with Gasteiger partial charge in [0.2, 0.25) is 0 Å². The van der Waals surface area contributed by atoms with Crippen LogP contribution in [0.1, 0.15) is 32.4 Å². The molecular weight excluding hydrogens is 202 g/mol. The van der Waals surface area contributed by atoms with Gasteiger partial charge in [-0.25, -0.2) is 4.98 Å². The lowest BCUT2D eigenvalue weighted by Gasteiger charge is -2.29. The van der Waals surface area contributed by atoms with Crippen molar-refractivity contribution in [1.82, 2.24) is 4.98 Å². The van der Waals surface area contributed by atoms with Crippen LogP contribution in [0.25, 0.3) is 0 Å². The molecule has 0 aromatic carbocycles. The molecular formula is C12H21N3O. The minimum absolute atomic E-state index is 0.0522. The quantitative estimate of drug-likeness (QED) is 0.790. The Morgan fingerprint density at radius 3 is 2.62 bits per heavy atom. The lowest BCUT2D eigenvalue weighted by molar-refractivity contribution is 0.298. The van der Waals surface area contributed by atoms with Gasteiger partial charge in [0.25, 0.3) is 0 Å². The van der Waals surface area contributed by atoms with E-state index >= 15 is 0 Å². The molecule has 0 aliphatic rings. The second-order valence-electron chi connectivity index (χ2n) is 4.22. The largest absolute Gasteiger partial charge is 0.395 e. The highest BCUT2D eigenvalue weighted by Gasteiger charge is 2.16. The van der Waals surface area contributed by atoms with Crippen LogP contribution in [0.5, 0.6) is 0 Å². The van der Waals surface area contributed by atoms with Crippen LogP contribution in [0.15, 0.2) is 18.3 Å². The summed E-state index contributed by atoms with van der Waals surface area (Å²) in [4.78, 5) is 6.44. The summed E-state index contributed by atoms with van der Waals surface area (Å²) in [6.45, 7) is 6.80. The van der Waals surface area contributed by atoms with E-state index in [1.165, 1.54) is 0 Å². The first kappa shape index (κ1) is 12.9. The molecule has 0 amide bonds. The van der Waals surface area contributed by atoms with E-state index in [0.29, 0.717) is 12.6 Å². The molecule has 16 heavy (non-hydrogen) atoms. The molecule has 1 rings (SSSR count). The summed E-state index contributed by atoms with van der Waals surface area (Å²) in [6, 6.07) is 4.11. The van der Waals surface area contributed by atoms with Crippen molar-refractivity contribution in [3.63, 3.8) is 0 Å². The summed E-state index contributed by atoms with van der Waals surface area (Å²) in [7, 11) is 0. The fourth-order valence-corrected chi connectivity index (χ4v) is 1.72. The Labute approximate surface area is 97.1 Å². The number of aromatic nitrogens is 1. The zero-order valence-corrected chi connectivity index (χ0v) is 10.2. The molecule has 1 heterocycles. The van der Waals surface area contributed by atoms with Crippen molar-refractivity contribution in [3.8, 4) is 0 Å². The minimum Gasteiger partial charge on any atom is -0.395 e. The zero-order valence-electron chi connectivity index (χ0n) is 10.2. The lowest BCUT2D eigenvalue weighted by atomic mass is 10.1. The van der Waals surface area contributed by atoms with Gasteiger partial charge in [0.15, 0.2) is 0 Å². The normalized spacial score (nSPS) is 12.9. The summed E-state index contributed by atoms with van der Waals surface area (Å²) >= 11 is 0. The molecule has 4 heteroatoms. The van der Waals surface area contributed by atoms with Gasteiger partial charge in [-0.1, -0.05) is 6.07 Å². The number of hydrogen-bond acceptors (Lipinski definition) is 4. The Bertz CT molecular complexity index is 326. The standard InChI is InChI=1S/C12H21N3O/c1-9(2)15(7-8-16)12-11(10(3)13)5-4-6-14-12/h4-6,9-10,16H,7-8,13H2,1-3H3. The summed E-state index contributed by atoms with van der Waals surface area (Å²) in [5.41, 5.74) is 6.94. The van der Waals surface area contributed by atoms with Crippen molar-refractivity contribution in [3.05, 3.63) is 23.9 Å². The number of rotatable bonds is 5. The first-order chi connectivity index (χ1) is 7.57. The highest BCUT2D eigenvalue weighted by molar-refractivity contribution is 5.48. The van der Waals surface area contributed by atoms with E-state index in [4.69, 9.17) is 10.8 Å². The third kappa shape index (κ3) is 2.93. The number of pyridine rings is 1. The van der Waals surface area contributed by atoms with Gasteiger partial charge in [0.05, 0.1) is 6.61 Å². The number of aliphatic hydroxyl groups excluding tert-OH is 1. The number of anilines is 1. The summed E-state index contributed by atoms with van der Waals surface area (Å²) < 4.78 is 0. The molecule has 4 nitrogen and oxygen atoms in total. The van der Waals surface area contributed by atoms with Crippen LogP contribution in [0.4, 0.5) is 5.82 Å². The molecule has 0 saturated heterocycles. The monoisotopic (exact) mass is 223 g/mol. The maximum atomic E-state index is 9.08. The van der Waals surface area contributed by atoms with E-state index in [2.05, 4.69) is 23.7 Å². The maximum Gasteiger partial charge on any atom is 0.133 e. The van der Waals surface area contributed by atoms with Crippen molar-refractivity contribution < 1.29 is 5.11 Å². The Kier molecular flexibility index (Phi) is 4.71. The topological polar surface area (TPSA) is 62.4 Å². The molecule has 1 unspecified atom stereocenters. The predicted molar refractivity (Wildman–Crippen MR) is 66.4 cm³/mol. The Morgan fingerprint density at radius 1 is 1.44 bits per heavy atom. The van der Waals surface area contributed by atoms with Gasteiger partial charge in [0, 0.05) is 30.4 Å². The lowest BCUT2D eigenvalue weighted by Crippen LogP contribution is -2.35. The van der Waals surface area contributed by atoms with Gasteiger partial charge in [-0.15, -0.1) is 0 Å². The fourth-order valence-electron chi connectivity index (χ4n) is 1.72. The average Bonchev–Trinajstić information content (AvgIpc) is 2.25. The SMILES string of the molecule is CC(N)c1cccnc1N(CCO)C(C)C. The van der Waals surface area contributed by atoms with Crippen LogP contribution in [0.2, 0.25) is 0 Å². The number of nitrogens with two attached hydrogens (primary N) is 1. The second-order valence-corrected chi connectivity index (χ2v) is 4.22. The maximum absolute atomic E-state index is 9.08. The molecule has 1 atom stereocenters. The van der Waals surface area contributed by atoms with Gasteiger partial charge in [-0.2, -0.15) is 0 Å². The van der Waals surface area contributed by atoms with Gasteiger partial charge in [-0.3, -0.25) is 0 Å². The Balaban J connectivity index is 3.07. The molecule has 0 bridgehead atoms.